The molecular weight excluding hydrogens is 319 g/mol. The summed E-state index contributed by atoms with van der Waals surface area (Å²) in [5, 5.41) is 0. The second kappa shape index (κ2) is 7.47. The van der Waals surface area contributed by atoms with E-state index in [0.29, 0.717) is 32.1 Å². The number of piperazine rings is 1. The molecule has 1 saturated heterocycles. The maximum Gasteiger partial charge on any atom is 0.226 e. The predicted octanol–water partition coefficient (Wildman–Crippen LogP) is 1.76. The molecule has 1 amide bonds. The Kier molecular flexibility index (Phi) is 5.13. The van der Waals surface area contributed by atoms with Crippen molar-refractivity contribution < 1.29 is 9.18 Å². The Balaban J connectivity index is 1.54. The molecule has 1 aliphatic heterocycles. The monoisotopic (exact) mass is 340 g/mol. The van der Waals surface area contributed by atoms with Crippen LogP contribution in [0.2, 0.25) is 0 Å². The number of rotatable bonds is 2. The van der Waals surface area contributed by atoms with E-state index in [2.05, 4.69) is 15.9 Å². The first kappa shape index (κ1) is 17.2. The maximum absolute atomic E-state index is 13.0. The van der Waals surface area contributed by atoms with Gasteiger partial charge in [-0.25, -0.2) is 9.38 Å². The summed E-state index contributed by atoms with van der Waals surface area (Å²) in [5.41, 5.74) is 1.04. The second-order valence-electron chi connectivity index (χ2n) is 6.26. The number of benzene rings is 1. The number of carbonyl (C=O) groups excluding carboxylic acids is 1. The number of amides is 1. The van der Waals surface area contributed by atoms with E-state index < -0.39 is 0 Å². The molecular formula is C19H21FN4O. The van der Waals surface area contributed by atoms with Crippen LogP contribution in [-0.4, -0.2) is 61.1 Å². The van der Waals surface area contributed by atoms with Crippen molar-refractivity contribution in [3.8, 4) is 12.3 Å². The van der Waals surface area contributed by atoms with Crippen molar-refractivity contribution in [1.29, 1.82) is 0 Å². The predicted molar refractivity (Wildman–Crippen MR) is 96.1 cm³/mol. The molecule has 1 aliphatic carbocycles. The number of guanidine groups is 1. The zero-order chi connectivity index (χ0) is 17.8. The Labute approximate surface area is 147 Å². The van der Waals surface area contributed by atoms with Crippen LogP contribution < -0.4 is 0 Å². The lowest BCUT2D eigenvalue weighted by atomic mass is 10.1. The van der Waals surface area contributed by atoms with Gasteiger partial charge in [-0.05, 0) is 30.0 Å². The van der Waals surface area contributed by atoms with E-state index in [0.717, 1.165) is 12.0 Å². The number of aliphatic imine (C=N–C) groups is 2. The van der Waals surface area contributed by atoms with Gasteiger partial charge in [0.1, 0.15) is 5.82 Å². The molecule has 0 spiro atoms. The molecule has 2 atom stereocenters. The zero-order valence-electron chi connectivity index (χ0n) is 14.2. The summed E-state index contributed by atoms with van der Waals surface area (Å²) in [6.07, 6.45) is 7.42. The minimum atomic E-state index is -0.246. The third-order valence-electron chi connectivity index (χ3n) is 4.73. The fourth-order valence-corrected chi connectivity index (χ4v) is 3.28. The molecule has 0 N–H and O–H groups in total. The normalized spacial score (nSPS) is 23.6. The van der Waals surface area contributed by atoms with Crippen molar-refractivity contribution in [2.45, 2.75) is 12.3 Å². The molecule has 2 fully saturated rings. The highest BCUT2D eigenvalue weighted by atomic mass is 19.1. The van der Waals surface area contributed by atoms with Gasteiger partial charge >= 0.3 is 0 Å². The molecule has 0 aromatic heterocycles. The summed E-state index contributed by atoms with van der Waals surface area (Å²) in [7, 11) is 1.68. The molecule has 25 heavy (non-hydrogen) atoms. The molecule has 1 heterocycles. The molecule has 0 radical (unpaired) electrons. The molecule has 1 saturated carbocycles. The number of carbonyl (C=O) groups is 1. The van der Waals surface area contributed by atoms with Crippen LogP contribution in [-0.2, 0) is 4.79 Å². The number of halogens is 1. The van der Waals surface area contributed by atoms with Crippen LogP contribution in [0.5, 0.6) is 0 Å². The zero-order valence-corrected chi connectivity index (χ0v) is 14.2. The average Bonchev–Trinajstić information content (AvgIpc) is 3.43. The molecule has 1 aromatic carbocycles. The standard InChI is InChI=1S/C19H21FN4O/c1-3-8-22-19(21-2)24-11-9-23(10-12-24)18(25)17-13-16(17)14-4-6-15(20)7-5-14/h1,4-8,16-17H,9-13H2,2H3/t16-,17-/m1/s1. The molecule has 0 bridgehead atoms. The lowest BCUT2D eigenvalue weighted by Gasteiger charge is -2.35. The molecule has 6 heteroatoms. The Morgan fingerprint density at radius 3 is 2.48 bits per heavy atom. The van der Waals surface area contributed by atoms with Gasteiger partial charge in [-0.3, -0.25) is 9.79 Å². The number of hydrogen-bond acceptors (Lipinski definition) is 2. The summed E-state index contributed by atoms with van der Waals surface area (Å²) in [4.78, 5) is 24.9. The minimum Gasteiger partial charge on any atom is -0.339 e. The quantitative estimate of drug-likeness (QED) is 0.468. The van der Waals surface area contributed by atoms with Gasteiger partial charge < -0.3 is 9.80 Å². The van der Waals surface area contributed by atoms with Crippen molar-refractivity contribution in [3.05, 3.63) is 35.6 Å². The lowest BCUT2D eigenvalue weighted by molar-refractivity contribution is -0.133. The van der Waals surface area contributed by atoms with Crippen molar-refractivity contribution >= 4 is 18.1 Å². The summed E-state index contributed by atoms with van der Waals surface area (Å²) >= 11 is 0. The van der Waals surface area contributed by atoms with E-state index in [9.17, 15) is 9.18 Å². The van der Waals surface area contributed by atoms with Crippen LogP contribution in [0.15, 0.2) is 34.3 Å². The van der Waals surface area contributed by atoms with Gasteiger partial charge in [-0.1, -0.05) is 18.1 Å². The molecule has 1 aromatic rings. The third-order valence-corrected chi connectivity index (χ3v) is 4.73. The van der Waals surface area contributed by atoms with Gasteiger partial charge in [0, 0.05) is 39.1 Å². The SMILES string of the molecule is C#CC=NC(=NC)N1CCN(C(=O)[C@@H]2C[C@@H]2c2ccc(F)cc2)CC1. The summed E-state index contributed by atoms with van der Waals surface area (Å²) in [5.74, 6) is 3.15. The molecule has 5 nitrogen and oxygen atoms in total. The smallest absolute Gasteiger partial charge is 0.226 e. The van der Waals surface area contributed by atoms with E-state index in [-0.39, 0.29) is 23.6 Å². The van der Waals surface area contributed by atoms with E-state index in [1.807, 2.05) is 9.80 Å². The van der Waals surface area contributed by atoms with Gasteiger partial charge in [0.25, 0.3) is 0 Å². The Bertz CT molecular complexity index is 727. The molecule has 130 valence electrons. The third kappa shape index (κ3) is 3.87. The van der Waals surface area contributed by atoms with Gasteiger partial charge in [-0.2, -0.15) is 0 Å². The van der Waals surface area contributed by atoms with Crippen LogP contribution in [0.1, 0.15) is 17.9 Å². The summed E-state index contributed by atoms with van der Waals surface area (Å²) < 4.78 is 13.0. The molecule has 0 unspecified atom stereocenters. The van der Waals surface area contributed by atoms with Crippen LogP contribution in [0.3, 0.4) is 0 Å². The highest BCUT2D eigenvalue weighted by molar-refractivity contribution is 5.93. The fraction of sp³-hybridized carbons (Fsp3) is 0.421. The molecule has 3 rings (SSSR count). The van der Waals surface area contributed by atoms with E-state index in [1.54, 1.807) is 19.2 Å². The second-order valence-corrected chi connectivity index (χ2v) is 6.26. The van der Waals surface area contributed by atoms with Crippen LogP contribution in [0, 0.1) is 24.1 Å². The van der Waals surface area contributed by atoms with Gasteiger partial charge in [-0.15, -0.1) is 6.42 Å². The fourth-order valence-electron chi connectivity index (χ4n) is 3.28. The highest BCUT2D eigenvalue weighted by Crippen LogP contribution is 2.48. The first-order valence-corrected chi connectivity index (χ1v) is 8.38. The van der Waals surface area contributed by atoms with E-state index >= 15 is 0 Å². The topological polar surface area (TPSA) is 48.3 Å². The van der Waals surface area contributed by atoms with E-state index in [4.69, 9.17) is 6.42 Å². The van der Waals surface area contributed by atoms with Crippen molar-refractivity contribution in [2.24, 2.45) is 15.9 Å². The van der Waals surface area contributed by atoms with Gasteiger partial charge in [0.2, 0.25) is 11.9 Å². The van der Waals surface area contributed by atoms with Crippen LogP contribution in [0.25, 0.3) is 0 Å². The maximum atomic E-state index is 13.0. The van der Waals surface area contributed by atoms with E-state index in [1.165, 1.54) is 18.3 Å². The van der Waals surface area contributed by atoms with Crippen molar-refractivity contribution in [1.82, 2.24) is 9.80 Å². The lowest BCUT2D eigenvalue weighted by Crippen LogP contribution is -2.50. The molecule has 2 aliphatic rings. The highest BCUT2D eigenvalue weighted by Gasteiger charge is 2.46. The average molecular weight is 340 g/mol. The Morgan fingerprint density at radius 1 is 1.24 bits per heavy atom. The summed E-state index contributed by atoms with van der Waals surface area (Å²) in [6, 6.07) is 6.46. The number of terminal acetylenes is 1. The van der Waals surface area contributed by atoms with Crippen LogP contribution >= 0.6 is 0 Å². The van der Waals surface area contributed by atoms with Crippen LogP contribution in [0.4, 0.5) is 4.39 Å². The van der Waals surface area contributed by atoms with Gasteiger partial charge in [0.15, 0.2) is 0 Å². The first-order chi connectivity index (χ1) is 12.1. The van der Waals surface area contributed by atoms with Gasteiger partial charge in [0.05, 0.1) is 6.21 Å². The number of hydrogen-bond donors (Lipinski definition) is 0. The summed E-state index contributed by atoms with van der Waals surface area (Å²) in [6.45, 7) is 2.68. The van der Waals surface area contributed by atoms with Crippen molar-refractivity contribution in [3.63, 3.8) is 0 Å². The first-order valence-electron chi connectivity index (χ1n) is 8.38. The minimum absolute atomic E-state index is 0.0239. The Morgan fingerprint density at radius 2 is 1.88 bits per heavy atom. The Hall–Kier alpha value is -2.68. The number of nitrogens with zero attached hydrogens (tertiary/aromatic N) is 4. The largest absolute Gasteiger partial charge is 0.339 e. The van der Waals surface area contributed by atoms with Crippen molar-refractivity contribution in [2.75, 3.05) is 33.2 Å².